The standard InChI is InChI=1S/C8H14O3/c1-4-5(2)11-6(3)7(4)8(9)10/h4-7H,1-3H3,(H,9,10)/t4-,5+,6-,7+/m1/s1. The molecule has 1 aliphatic rings. The summed E-state index contributed by atoms with van der Waals surface area (Å²) in [4.78, 5) is 10.7. The van der Waals surface area contributed by atoms with Crippen LogP contribution >= 0.6 is 0 Å². The zero-order valence-electron chi connectivity index (χ0n) is 7.07. The molecule has 1 aliphatic heterocycles. The summed E-state index contributed by atoms with van der Waals surface area (Å²) in [5.41, 5.74) is 0. The van der Waals surface area contributed by atoms with E-state index in [4.69, 9.17) is 9.84 Å². The van der Waals surface area contributed by atoms with Crippen LogP contribution in [0.15, 0.2) is 0 Å². The first-order valence-corrected chi connectivity index (χ1v) is 3.92. The van der Waals surface area contributed by atoms with E-state index in [9.17, 15) is 4.79 Å². The lowest BCUT2D eigenvalue weighted by molar-refractivity contribution is -0.144. The van der Waals surface area contributed by atoms with Crippen molar-refractivity contribution in [1.29, 1.82) is 0 Å². The van der Waals surface area contributed by atoms with Gasteiger partial charge in [-0.25, -0.2) is 0 Å². The Balaban J connectivity index is 2.71. The molecular weight excluding hydrogens is 144 g/mol. The van der Waals surface area contributed by atoms with Gasteiger partial charge in [0, 0.05) is 0 Å². The van der Waals surface area contributed by atoms with E-state index in [1.165, 1.54) is 0 Å². The molecular formula is C8H14O3. The summed E-state index contributed by atoms with van der Waals surface area (Å²) in [7, 11) is 0. The second kappa shape index (κ2) is 2.81. The van der Waals surface area contributed by atoms with Crippen LogP contribution in [0.4, 0.5) is 0 Å². The first-order valence-electron chi connectivity index (χ1n) is 3.92. The van der Waals surface area contributed by atoms with Gasteiger partial charge in [0.05, 0.1) is 18.1 Å². The van der Waals surface area contributed by atoms with Crippen LogP contribution in [0, 0.1) is 11.8 Å². The largest absolute Gasteiger partial charge is 0.481 e. The molecule has 11 heavy (non-hydrogen) atoms. The van der Waals surface area contributed by atoms with Crippen molar-refractivity contribution in [2.75, 3.05) is 0 Å². The van der Waals surface area contributed by atoms with Crippen molar-refractivity contribution in [3.05, 3.63) is 0 Å². The molecule has 0 bridgehead atoms. The molecule has 0 spiro atoms. The summed E-state index contributed by atoms with van der Waals surface area (Å²) in [6.45, 7) is 5.66. The summed E-state index contributed by atoms with van der Waals surface area (Å²) >= 11 is 0. The number of carboxylic acids is 1. The molecule has 4 atom stereocenters. The SMILES string of the molecule is C[C@H]1[C@H](C(=O)O)[C@@H](C)O[C@H]1C. The number of rotatable bonds is 1. The highest BCUT2D eigenvalue weighted by Crippen LogP contribution is 2.31. The number of hydrogen-bond donors (Lipinski definition) is 1. The Morgan fingerprint density at radius 1 is 1.27 bits per heavy atom. The average Bonchev–Trinajstić information content (AvgIpc) is 2.07. The Hall–Kier alpha value is -0.570. The van der Waals surface area contributed by atoms with Gasteiger partial charge in [0.15, 0.2) is 0 Å². The zero-order valence-corrected chi connectivity index (χ0v) is 7.07. The van der Waals surface area contributed by atoms with Crippen LogP contribution in [-0.2, 0) is 9.53 Å². The molecule has 0 radical (unpaired) electrons. The van der Waals surface area contributed by atoms with Gasteiger partial charge in [-0.15, -0.1) is 0 Å². The third kappa shape index (κ3) is 1.38. The highest BCUT2D eigenvalue weighted by Gasteiger charge is 2.41. The Morgan fingerprint density at radius 3 is 2.00 bits per heavy atom. The highest BCUT2D eigenvalue weighted by atomic mass is 16.5. The summed E-state index contributed by atoms with van der Waals surface area (Å²) in [5.74, 6) is -0.943. The number of hydrogen-bond acceptors (Lipinski definition) is 2. The quantitative estimate of drug-likeness (QED) is 0.622. The molecule has 0 aromatic carbocycles. The normalized spacial score (nSPS) is 44.3. The van der Waals surface area contributed by atoms with Crippen LogP contribution < -0.4 is 0 Å². The molecule has 1 saturated heterocycles. The molecule has 1 fully saturated rings. The molecule has 1 rings (SSSR count). The smallest absolute Gasteiger partial charge is 0.309 e. The first kappa shape index (κ1) is 8.53. The lowest BCUT2D eigenvalue weighted by Gasteiger charge is -2.11. The maximum absolute atomic E-state index is 10.7. The van der Waals surface area contributed by atoms with Crippen LogP contribution in [0.1, 0.15) is 20.8 Å². The van der Waals surface area contributed by atoms with Crippen LogP contribution in [-0.4, -0.2) is 23.3 Å². The van der Waals surface area contributed by atoms with Gasteiger partial charge in [-0.3, -0.25) is 4.79 Å². The van der Waals surface area contributed by atoms with E-state index in [1.807, 2.05) is 20.8 Å². The minimum absolute atomic E-state index is 0.0751. The highest BCUT2D eigenvalue weighted by molar-refractivity contribution is 5.71. The van der Waals surface area contributed by atoms with E-state index in [1.54, 1.807) is 0 Å². The van der Waals surface area contributed by atoms with Gasteiger partial charge in [-0.05, 0) is 19.8 Å². The molecule has 0 saturated carbocycles. The number of ether oxygens (including phenoxy) is 1. The molecule has 0 aliphatic carbocycles. The van der Waals surface area contributed by atoms with E-state index < -0.39 is 5.97 Å². The monoisotopic (exact) mass is 158 g/mol. The van der Waals surface area contributed by atoms with Crippen LogP contribution in [0.25, 0.3) is 0 Å². The van der Waals surface area contributed by atoms with Gasteiger partial charge in [0.1, 0.15) is 0 Å². The van der Waals surface area contributed by atoms with Crippen LogP contribution in [0.5, 0.6) is 0 Å². The number of aliphatic carboxylic acids is 1. The van der Waals surface area contributed by atoms with Crippen molar-refractivity contribution >= 4 is 5.97 Å². The van der Waals surface area contributed by atoms with Gasteiger partial charge < -0.3 is 9.84 Å². The Labute approximate surface area is 66.4 Å². The van der Waals surface area contributed by atoms with Gasteiger partial charge in [-0.1, -0.05) is 6.92 Å². The molecule has 0 aromatic rings. The van der Waals surface area contributed by atoms with Crippen molar-refractivity contribution in [2.24, 2.45) is 11.8 Å². The Kier molecular flexibility index (Phi) is 2.18. The fourth-order valence-corrected chi connectivity index (χ4v) is 1.69. The second-order valence-corrected chi connectivity index (χ2v) is 3.27. The van der Waals surface area contributed by atoms with Gasteiger partial charge >= 0.3 is 5.97 Å². The average molecular weight is 158 g/mol. The van der Waals surface area contributed by atoms with Crippen LogP contribution in [0.3, 0.4) is 0 Å². The number of carboxylic acid groups (broad SMARTS) is 1. The minimum atomic E-state index is -0.741. The molecule has 0 amide bonds. The van der Waals surface area contributed by atoms with E-state index >= 15 is 0 Å². The van der Waals surface area contributed by atoms with Crippen molar-refractivity contribution in [3.63, 3.8) is 0 Å². The topological polar surface area (TPSA) is 46.5 Å². The maximum atomic E-state index is 10.7. The Bertz CT molecular complexity index is 167. The number of carbonyl (C=O) groups is 1. The fraction of sp³-hybridized carbons (Fsp3) is 0.875. The third-order valence-corrected chi connectivity index (χ3v) is 2.53. The van der Waals surface area contributed by atoms with E-state index in [-0.39, 0.29) is 24.0 Å². The molecule has 0 unspecified atom stereocenters. The van der Waals surface area contributed by atoms with Crippen molar-refractivity contribution in [2.45, 2.75) is 33.0 Å². The maximum Gasteiger partial charge on any atom is 0.309 e. The third-order valence-electron chi connectivity index (χ3n) is 2.53. The van der Waals surface area contributed by atoms with Crippen molar-refractivity contribution in [3.8, 4) is 0 Å². The van der Waals surface area contributed by atoms with Gasteiger partial charge in [-0.2, -0.15) is 0 Å². The molecule has 64 valence electrons. The minimum Gasteiger partial charge on any atom is -0.481 e. The second-order valence-electron chi connectivity index (χ2n) is 3.27. The van der Waals surface area contributed by atoms with Crippen molar-refractivity contribution in [1.82, 2.24) is 0 Å². The molecule has 0 aromatic heterocycles. The molecule has 3 nitrogen and oxygen atoms in total. The first-order chi connectivity index (χ1) is 5.04. The summed E-state index contributed by atoms with van der Waals surface area (Å²) in [6, 6.07) is 0. The van der Waals surface area contributed by atoms with E-state index in [0.717, 1.165) is 0 Å². The van der Waals surface area contributed by atoms with Gasteiger partial charge in [0.2, 0.25) is 0 Å². The predicted octanol–water partition coefficient (Wildman–Crippen LogP) is 1.13. The fourth-order valence-electron chi connectivity index (χ4n) is 1.69. The van der Waals surface area contributed by atoms with Gasteiger partial charge in [0.25, 0.3) is 0 Å². The lowest BCUT2D eigenvalue weighted by atomic mass is 9.90. The summed E-state index contributed by atoms with van der Waals surface area (Å²) in [5, 5.41) is 8.79. The van der Waals surface area contributed by atoms with Crippen molar-refractivity contribution < 1.29 is 14.6 Å². The van der Waals surface area contributed by atoms with Crippen LogP contribution in [0.2, 0.25) is 0 Å². The Morgan fingerprint density at radius 2 is 1.82 bits per heavy atom. The molecule has 1 N–H and O–H groups in total. The van der Waals surface area contributed by atoms with E-state index in [0.29, 0.717) is 0 Å². The molecule has 1 heterocycles. The summed E-state index contributed by atoms with van der Waals surface area (Å²) in [6.07, 6.45) is -0.0661. The predicted molar refractivity (Wildman–Crippen MR) is 40.3 cm³/mol. The van der Waals surface area contributed by atoms with E-state index in [2.05, 4.69) is 0 Å². The lowest BCUT2D eigenvalue weighted by Crippen LogP contribution is -2.26. The molecule has 3 heteroatoms. The summed E-state index contributed by atoms with van der Waals surface area (Å²) < 4.78 is 5.37. The zero-order chi connectivity index (χ0) is 8.59.